The van der Waals surface area contributed by atoms with Gasteiger partial charge in [0.15, 0.2) is 6.10 Å². The van der Waals surface area contributed by atoms with Gasteiger partial charge in [0.05, 0.1) is 0 Å². The van der Waals surface area contributed by atoms with Gasteiger partial charge in [-0.3, -0.25) is 0 Å². The predicted octanol–water partition coefficient (Wildman–Crippen LogP) is 1.63. The van der Waals surface area contributed by atoms with Crippen LogP contribution >= 0.6 is 0 Å². The lowest BCUT2D eigenvalue weighted by atomic mass is 10.3. The van der Waals surface area contributed by atoms with Crippen molar-refractivity contribution < 1.29 is 14.3 Å². The van der Waals surface area contributed by atoms with E-state index < -0.39 is 6.10 Å². The fourth-order valence-electron chi connectivity index (χ4n) is 0.784. The monoisotopic (exact) mass is 180 g/mol. The Kier molecular flexibility index (Phi) is 3.46. The highest BCUT2D eigenvalue weighted by Gasteiger charge is 2.13. The third-order valence-corrected chi connectivity index (χ3v) is 1.65. The molecule has 0 saturated carbocycles. The van der Waals surface area contributed by atoms with Crippen molar-refractivity contribution >= 4 is 5.97 Å². The van der Waals surface area contributed by atoms with E-state index in [1.807, 2.05) is 6.07 Å². The van der Waals surface area contributed by atoms with Crippen LogP contribution in [0.25, 0.3) is 0 Å². The Bertz CT molecular complexity index is 269. The summed E-state index contributed by atoms with van der Waals surface area (Å²) in [5, 5.41) is 0. The summed E-state index contributed by atoms with van der Waals surface area (Å²) >= 11 is 0. The molecule has 0 aromatic heterocycles. The van der Waals surface area contributed by atoms with E-state index >= 15 is 0 Å². The largest absolute Gasteiger partial charge is 0.425 e. The number of carbonyl (C=O) groups excluding carboxylic acids is 1. The van der Waals surface area contributed by atoms with Gasteiger partial charge in [-0.15, -0.1) is 0 Å². The van der Waals surface area contributed by atoms with Crippen LogP contribution in [0.4, 0.5) is 0 Å². The summed E-state index contributed by atoms with van der Waals surface area (Å²) in [6.07, 6.45) is -0.528. The van der Waals surface area contributed by atoms with Gasteiger partial charge >= 0.3 is 5.97 Å². The molecule has 3 heteroatoms. The average molecular weight is 180 g/mol. The van der Waals surface area contributed by atoms with Crippen LogP contribution in [0.15, 0.2) is 30.3 Å². The van der Waals surface area contributed by atoms with Gasteiger partial charge in [-0.2, -0.15) is 0 Å². The minimum Gasteiger partial charge on any atom is -0.425 e. The van der Waals surface area contributed by atoms with Crippen molar-refractivity contribution in [3.8, 4) is 5.75 Å². The lowest BCUT2D eigenvalue weighted by Crippen LogP contribution is -2.24. The van der Waals surface area contributed by atoms with Gasteiger partial charge in [0, 0.05) is 7.11 Å². The molecule has 0 spiro atoms. The van der Waals surface area contributed by atoms with Crippen LogP contribution in [0, 0.1) is 0 Å². The van der Waals surface area contributed by atoms with E-state index in [9.17, 15) is 4.79 Å². The van der Waals surface area contributed by atoms with Gasteiger partial charge in [-0.1, -0.05) is 18.2 Å². The van der Waals surface area contributed by atoms with E-state index in [4.69, 9.17) is 9.47 Å². The first-order valence-electron chi connectivity index (χ1n) is 4.03. The highest BCUT2D eigenvalue weighted by atomic mass is 16.6. The number of ether oxygens (including phenoxy) is 2. The quantitative estimate of drug-likeness (QED) is 0.524. The molecule has 0 fully saturated rings. The molecule has 0 bridgehead atoms. The summed E-state index contributed by atoms with van der Waals surface area (Å²) in [7, 11) is 1.47. The Morgan fingerprint density at radius 3 is 2.46 bits per heavy atom. The Morgan fingerprint density at radius 1 is 1.31 bits per heavy atom. The van der Waals surface area contributed by atoms with Crippen molar-refractivity contribution in [1.82, 2.24) is 0 Å². The average Bonchev–Trinajstić information content (AvgIpc) is 2.18. The van der Waals surface area contributed by atoms with Crippen LogP contribution in [-0.4, -0.2) is 19.2 Å². The first-order valence-corrected chi connectivity index (χ1v) is 4.03. The zero-order valence-corrected chi connectivity index (χ0v) is 7.69. The Morgan fingerprint density at radius 2 is 1.92 bits per heavy atom. The molecule has 0 aliphatic heterocycles. The molecule has 13 heavy (non-hydrogen) atoms. The molecule has 3 nitrogen and oxygen atoms in total. The van der Waals surface area contributed by atoms with Crippen molar-refractivity contribution in [2.24, 2.45) is 0 Å². The van der Waals surface area contributed by atoms with E-state index in [-0.39, 0.29) is 5.97 Å². The summed E-state index contributed by atoms with van der Waals surface area (Å²) in [6, 6.07) is 8.91. The number of para-hydroxylation sites is 1. The summed E-state index contributed by atoms with van der Waals surface area (Å²) in [4.78, 5) is 11.2. The molecule has 1 aromatic rings. The molecule has 0 heterocycles. The van der Waals surface area contributed by atoms with Gasteiger partial charge in [0.1, 0.15) is 5.75 Å². The standard InChI is InChI=1S/C10H12O3/c1-8(12-2)10(11)13-9-6-4-3-5-7-9/h3-8H,1-2H3/t8-/m0/s1. The topological polar surface area (TPSA) is 35.5 Å². The number of rotatable bonds is 3. The second-order valence-electron chi connectivity index (χ2n) is 2.61. The Balaban J connectivity index is 2.55. The summed E-state index contributed by atoms with van der Waals surface area (Å²) in [6.45, 7) is 1.64. The van der Waals surface area contributed by atoms with Crippen LogP contribution in [-0.2, 0) is 9.53 Å². The van der Waals surface area contributed by atoms with E-state index in [0.717, 1.165) is 0 Å². The molecule has 0 unspecified atom stereocenters. The van der Waals surface area contributed by atoms with Gasteiger partial charge in [-0.05, 0) is 19.1 Å². The molecule has 0 radical (unpaired) electrons. The number of hydrogen-bond acceptors (Lipinski definition) is 3. The van der Waals surface area contributed by atoms with Gasteiger partial charge in [0.2, 0.25) is 0 Å². The first kappa shape index (κ1) is 9.74. The van der Waals surface area contributed by atoms with Crippen LogP contribution < -0.4 is 4.74 Å². The van der Waals surface area contributed by atoms with Crippen molar-refractivity contribution in [1.29, 1.82) is 0 Å². The van der Waals surface area contributed by atoms with Crippen molar-refractivity contribution in [3.63, 3.8) is 0 Å². The third-order valence-electron chi connectivity index (χ3n) is 1.65. The van der Waals surface area contributed by atoms with E-state index in [1.54, 1.807) is 31.2 Å². The third kappa shape index (κ3) is 2.87. The number of hydrogen-bond donors (Lipinski definition) is 0. The Hall–Kier alpha value is -1.35. The summed E-state index contributed by atoms with van der Waals surface area (Å²) in [5.41, 5.74) is 0. The van der Waals surface area contributed by atoms with Crippen LogP contribution in [0.2, 0.25) is 0 Å². The fourth-order valence-corrected chi connectivity index (χ4v) is 0.784. The molecule has 0 N–H and O–H groups in total. The maximum Gasteiger partial charge on any atom is 0.340 e. The van der Waals surface area contributed by atoms with Crippen LogP contribution in [0.1, 0.15) is 6.92 Å². The molecule has 1 aromatic carbocycles. The molecule has 1 atom stereocenters. The zero-order chi connectivity index (χ0) is 9.68. The molecule has 1 rings (SSSR count). The smallest absolute Gasteiger partial charge is 0.340 e. The van der Waals surface area contributed by atoms with Crippen LogP contribution in [0.3, 0.4) is 0 Å². The van der Waals surface area contributed by atoms with Crippen molar-refractivity contribution in [3.05, 3.63) is 30.3 Å². The minimum absolute atomic E-state index is 0.381. The van der Waals surface area contributed by atoms with Gasteiger partial charge in [-0.25, -0.2) is 4.79 Å². The SMILES string of the molecule is CO[C@@H](C)C(=O)Oc1ccccc1. The summed E-state index contributed by atoms with van der Waals surface area (Å²) < 4.78 is 9.81. The number of methoxy groups -OCH3 is 1. The zero-order valence-electron chi connectivity index (χ0n) is 7.69. The van der Waals surface area contributed by atoms with Gasteiger partial charge in [0.25, 0.3) is 0 Å². The Labute approximate surface area is 77.3 Å². The lowest BCUT2D eigenvalue weighted by Gasteiger charge is -2.08. The normalized spacial score (nSPS) is 12.2. The highest BCUT2D eigenvalue weighted by Crippen LogP contribution is 2.09. The molecule has 70 valence electrons. The molecule has 0 aliphatic carbocycles. The number of benzene rings is 1. The highest BCUT2D eigenvalue weighted by molar-refractivity contribution is 5.76. The second-order valence-corrected chi connectivity index (χ2v) is 2.61. The maximum absolute atomic E-state index is 11.2. The molecule has 0 amide bonds. The first-order chi connectivity index (χ1) is 6.24. The molecule has 0 saturated heterocycles. The fraction of sp³-hybridized carbons (Fsp3) is 0.300. The maximum atomic E-state index is 11.2. The predicted molar refractivity (Wildman–Crippen MR) is 48.5 cm³/mol. The van der Waals surface area contributed by atoms with Crippen LogP contribution in [0.5, 0.6) is 5.75 Å². The van der Waals surface area contributed by atoms with Gasteiger partial charge < -0.3 is 9.47 Å². The molecule has 0 aliphatic rings. The van der Waals surface area contributed by atoms with E-state index in [0.29, 0.717) is 5.75 Å². The van der Waals surface area contributed by atoms with Crippen molar-refractivity contribution in [2.45, 2.75) is 13.0 Å². The minimum atomic E-state index is -0.528. The molecular formula is C10H12O3. The lowest BCUT2D eigenvalue weighted by molar-refractivity contribution is -0.144. The number of carbonyl (C=O) groups is 1. The second kappa shape index (κ2) is 4.62. The number of esters is 1. The van der Waals surface area contributed by atoms with E-state index in [2.05, 4.69) is 0 Å². The van der Waals surface area contributed by atoms with E-state index in [1.165, 1.54) is 7.11 Å². The summed E-state index contributed by atoms with van der Waals surface area (Å²) in [5.74, 6) is 0.158. The molecular weight excluding hydrogens is 168 g/mol. The van der Waals surface area contributed by atoms with Crippen molar-refractivity contribution in [2.75, 3.05) is 7.11 Å².